The van der Waals surface area contributed by atoms with Crippen molar-refractivity contribution in [1.29, 1.82) is 0 Å². The van der Waals surface area contributed by atoms with Crippen LogP contribution in [0.15, 0.2) is 54.6 Å². The lowest BCUT2D eigenvalue weighted by molar-refractivity contribution is -0.147. The average molecular weight is 396 g/mol. The summed E-state index contributed by atoms with van der Waals surface area (Å²) < 4.78 is 0. The number of aliphatic carboxylic acids is 1. The minimum absolute atomic E-state index is 0.0318. The third kappa shape index (κ3) is 5.65. The molecule has 1 saturated heterocycles. The largest absolute Gasteiger partial charge is 0.480 e. The van der Waals surface area contributed by atoms with Gasteiger partial charge in [0.15, 0.2) is 5.78 Å². The molecule has 154 valence electrons. The number of hydrogen-bond acceptors (Lipinski definition) is 5. The van der Waals surface area contributed by atoms with Gasteiger partial charge in [0.2, 0.25) is 0 Å². The van der Waals surface area contributed by atoms with Gasteiger partial charge in [-0.3, -0.25) is 14.5 Å². The van der Waals surface area contributed by atoms with Crippen molar-refractivity contribution in [1.82, 2.24) is 9.96 Å². The molecule has 6 nitrogen and oxygen atoms in total. The summed E-state index contributed by atoms with van der Waals surface area (Å²) in [6, 6.07) is 16.1. The van der Waals surface area contributed by atoms with Crippen LogP contribution in [0.5, 0.6) is 5.75 Å². The van der Waals surface area contributed by atoms with Crippen LogP contribution in [-0.2, 0) is 4.79 Å². The summed E-state index contributed by atoms with van der Waals surface area (Å²) in [5.41, 5.74) is 1.72. The van der Waals surface area contributed by atoms with Crippen LogP contribution >= 0.6 is 0 Å². The SMILES string of the molecule is CC(C)c1ccc(C(=O)C[C@H](C(=O)O)N2CCN(Oc3ccccc3)CC2)cc1. The molecule has 1 heterocycles. The van der Waals surface area contributed by atoms with Gasteiger partial charge in [0, 0.05) is 38.2 Å². The fraction of sp³-hybridized carbons (Fsp3) is 0.391. The van der Waals surface area contributed by atoms with Crippen LogP contribution in [0.4, 0.5) is 0 Å². The normalized spacial score (nSPS) is 16.5. The number of Topliss-reactive ketones (excluding diaryl/α,β-unsaturated/α-hetero) is 1. The van der Waals surface area contributed by atoms with Crippen LogP contribution in [0.3, 0.4) is 0 Å². The second-order valence-electron chi connectivity index (χ2n) is 7.63. The quantitative estimate of drug-likeness (QED) is 0.689. The van der Waals surface area contributed by atoms with Crippen LogP contribution < -0.4 is 4.84 Å². The van der Waals surface area contributed by atoms with Gasteiger partial charge in [-0.25, -0.2) is 0 Å². The zero-order valence-corrected chi connectivity index (χ0v) is 17.0. The lowest BCUT2D eigenvalue weighted by Gasteiger charge is -2.36. The third-order valence-corrected chi connectivity index (χ3v) is 5.25. The Morgan fingerprint density at radius 2 is 1.59 bits per heavy atom. The van der Waals surface area contributed by atoms with Crippen molar-refractivity contribution in [3.63, 3.8) is 0 Å². The molecule has 0 unspecified atom stereocenters. The highest BCUT2D eigenvalue weighted by molar-refractivity contribution is 5.98. The molecule has 0 bridgehead atoms. The smallest absolute Gasteiger partial charge is 0.321 e. The molecule has 0 aliphatic carbocycles. The number of benzene rings is 2. The summed E-state index contributed by atoms with van der Waals surface area (Å²) in [4.78, 5) is 32.2. The molecule has 1 aliphatic rings. The maximum absolute atomic E-state index is 12.7. The number of hydrogen-bond donors (Lipinski definition) is 1. The molecule has 0 spiro atoms. The molecule has 29 heavy (non-hydrogen) atoms. The van der Waals surface area contributed by atoms with E-state index in [9.17, 15) is 14.7 Å². The van der Waals surface area contributed by atoms with Crippen molar-refractivity contribution in [2.75, 3.05) is 26.2 Å². The number of carboxylic acid groups (broad SMARTS) is 1. The fourth-order valence-corrected chi connectivity index (χ4v) is 3.46. The van der Waals surface area contributed by atoms with Crippen LogP contribution in [0.25, 0.3) is 0 Å². The number of rotatable bonds is 8. The first kappa shape index (κ1) is 21.0. The van der Waals surface area contributed by atoms with Crippen molar-refractivity contribution in [2.45, 2.75) is 32.2 Å². The van der Waals surface area contributed by atoms with E-state index < -0.39 is 12.0 Å². The number of carbonyl (C=O) groups is 2. The van der Waals surface area contributed by atoms with Gasteiger partial charge < -0.3 is 9.94 Å². The first-order valence-corrected chi connectivity index (χ1v) is 10.0. The Labute approximate surface area is 171 Å². The van der Waals surface area contributed by atoms with Gasteiger partial charge in [0.1, 0.15) is 11.8 Å². The van der Waals surface area contributed by atoms with E-state index in [0.717, 1.165) is 11.3 Å². The van der Waals surface area contributed by atoms with Crippen molar-refractivity contribution < 1.29 is 19.5 Å². The molecular formula is C23H28N2O4. The zero-order chi connectivity index (χ0) is 20.8. The second kappa shape index (κ2) is 9.67. The Morgan fingerprint density at radius 1 is 0.966 bits per heavy atom. The molecule has 3 rings (SSSR count). The van der Waals surface area contributed by atoms with Crippen LogP contribution in [-0.4, -0.2) is 59.0 Å². The first-order valence-electron chi connectivity index (χ1n) is 10.0. The van der Waals surface area contributed by atoms with E-state index in [4.69, 9.17) is 4.84 Å². The Morgan fingerprint density at radius 3 is 2.14 bits per heavy atom. The molecule has 6 heteroatoms. The van der Waals surface area contributed by atoms with Gasteiger partial charge in [-0.15, -0.1) is 5.06 Å². The highest BCUT2D eigenvalue weighted by Gasteiger charge is 2.31. The monoisotopic (exact) mass is 396 g/mol. The maximum Gasteiger partial charge on any atom is 0.321 e. The second-order valence-corrected chi connectivity index (χ2v) is 7.63. The number of para-hydroxylation sites is 1. The molecule has 2 aromatic carbocycles. The van der Waals surface area contributed by atoms with E-state index in [1.165, 1.54) is 0 Å². The van der Waals surface area contributed by atoms with Gasteiger partial charge in [0.25, 0.3) is 0 Å². The lowest BCUT2D eigenvalue weighted by atomic mass is 9.98. The van der Waals surface area contributed by atoms with Crippen LogP contribution in [0.1, 0.15) is 42.1 Å². The number of carboxylic acids is 1. The van der Waals surface area contributed by atoms with Crippen molar-refractivity contribution in [2.24, 2.45) is 0 Å². The van der Waals surface area contributed by atoms with E-state index >= 15 is 0 Å². The Balaban J connectivity index is 1.57. The number of nitrogens with zero attached hydrogens (tertiary/aromatic N) is 2. The molecule has 1 fully saturated rings. The molecule has 1 aliphatic heterocycles. The molecule has 0 amide bonds. The summed E-state index contributed by atoms with van der Waals surface area (Å²) in [5.74, 6) is 0.0429. The van der Waals surface area contributed by atoms with Crippen molar-refractivity contribution in [3.05, 3.63) is 65.7 Å². The average Bonchev–Trinajstić information content (AvgIpc) is 2.73. The molecule has 2 aromatic rings. The molecule has 0 saturated carbocycles. The van der Waals surface area contributed by atoms with Crippen LogP contribution in [0.2, 0.25) is 0 Å². The van der Waals surface area contributed by atoms with E-state index in [2.05, 4.69) is 13.8 Å². The standard InChI is InChI=1S/C23H28N2O4/c1-17(2)18-8-10-19(11-9-18)22(26)16-21(23(27)28)24-12-14-25(15-13-24)29-20-6-4-3-5-7-20/h3-11,17,21H,12-16H2,1-2H3,(H,27,28)/t21-/m1/s1. The summed E-state index contributed by atoms with van der Waals surface area (Å²) in [7, 11) is 0. The molecular weight excluding hydrogens is 368 g/mol. The predicted molar refractivity (Wildman–Crippen MR) is 111 cm³/mol. The Bertz CT molecular complexity index is 813. The van der Waals surface area contributed by atoms with Gasteiger partial charge >= 0.3 is 5.97 Å². The number of carbonyl (C=O) groups excluding carboxylic acids is 1. The summed E-state index contributed by atoms with van der Waals surface area (Å²) >= 11 is 0. The highest BCUT2D eigenvalue weighted by Crippen LogP contribution is 2.18. The molecule has 0 radical (unpaired) electrons. The minimum Gasteiger partial charge on any atom is -0.480 e. The topological polar surface area (TPSA) is 70.1 Å². The van der Waals surface area contributed by atoms with Crippen molar-refractivity contribution in [3.8, 4) is 5.75 Å². The minimum atomic E-state index is -0.963. The molecule has 1 N–H and O–H groups in total. The van der Waals surface area contributed by atoms with E-state index in [-0.39, 0.29) is 12.2 Å². The van der Waals surface area contributed by atoms with E-state index in [0.29, 0.717) is 37.7 Å². The summed E-state index contributed by atoms with van der Waals surface area (Å²) in [6.07, 6.45) is -0.0318. The molecule has 0 aromatic heterocycles. The first-order chi connectivity index (χ1) is 13.9. The number of piperazine rings is 1. The highest BCUT2D eigenvalue weighted by atomic mass is 16.7. The van der Waals surface area contributed by atoms with Gasteiger partial charge in [0.05, 0.1) is 0 Å². The Kier molecular flexibility index (Phi) is 7.01. The van der Waals surface area contributed by atoms with E-state index in [1.54, 1.807) is 12.1 Å². The van der Waals surface area contributed by atoms with Gasteiger partial charge in [-0.2, -0.15) is 0 Å². The predicted octanol–water partition coefficient (Wildman–Crippen LogP) is 3.45. The van der Waals surface area contributed by atoms with Gasteiger partial charge in [-0.05, 0) is 23.6 Å². The lowest BCUT2D eigenvalue weighted by Crippen LogP contribution is -2.53. The summed E-state index contributed by atoms with van der Waals surface area (Å²) in [6.45, 7) is 6.41. The fourth-order valence-electron chi connectivity index (χ4n) is 3.46. The molecule has 1 atom stereocenters. The van der Waals surface area contributed by atoms with Crippen molar-refractivity contribution >= 4 is 11.8 Å². The maximum atomic E-state index is 12.7. The Hall–Kier alpha value is -2.70. The summed E-state index contributed by atoms with van der Waals surface area (Å²) in [5, 5.41) is 11.5. The zero-order valence-electron chi connectivity index (χ0n) is 17.0. The number of hydroxylamine groups is 2. The van der Waals surface area contributed by atoms with Crippen LogP contribution in [0, 0.1) is 0 Å². The van der Waals surface area contributed by atoms with E-state index in [1.807, 2.05) is 52.4 Å². The van der Waals surface area contributed by atoms with Gasteiger partial charge in [-0.1, -0.05) is 56.3 Å². The third-order valence-electron chi connectivity index (χ3n) is 5.25. The number of ketones is 1.